The summed E-state index contributed by atoms with van der Waals surface area (Å²) in [5.74, 6) is 13.1. The van der Waals surface area contributed by atoms with E-state index in [2.05, 4.69) is 58.0 Å². The first-order chi connectivity index (χ1) is 12.9. The van der Waals surface area contributed by atoms with Crippen LogP contribution in [0.2, 0.25) is 0 Å². The maximum Gasteiger partial charge on any atom is 0.0887 e. The monoisotopic (exact) mass is 332 g/mol. The summed E-state index contributed by atoms with van der Waals surface area (Å²) in [5.41, 5.74) is 3.47. The van der Waals surface area contributed by atoms with Gasteiger partial charge in [-0.1, -0.05) is 72.3 Å². The van der Waals surface area contributed by atoms with Gasteiger partial charge < -0.3 is 0 Å². The van der Waals surface area contributed by atoms with Crippen molar-refractivity contribution >= 4 is 0 Å². The van der Waals surface area contributed by atoms with Crippen LogP contribution in [0.25, 0.3) is 11.4 Å². The van der Waals surface area contributed by atoms with Crippen molar-refractivity contribution in [1.29, 1.82) is 0 Å². The summed E-state index contributed by atoms with van der Waals surface area (Å²) in [5, 5.41) is 0. The molecule has 0 aliphatic heterocycles. The van der Waals surface area contributed by atoms with Crippen molar-refractivity contribution in [3.8, 4) is 35.1 Å². The summed E-state index contributed by atoms with van der Waals surface area (Å²) < 4.78 is 0. The van der Waals surface area contributed by atoms with Crippen LogP contribution in [0.3, 0.4) is 0 Å². The van der Waals surface area contributed by atoms with E-state index < -0.39 is 0 Å². The Morgan fingerprint density at radius 1 is 0.577 bits per heavy atom. The van der Waals surface area contributed by atoms with Gasteiger partial charge in [0.2, 0.25) is 0 Å². The minimum absolute atomic E-state index is 0.209. The molecule has 2 heteroatoms. The molecule has 0 aromatic carbocycles. The Bertz CT molecular complexity index is 916. The minimum Gasteiger partial charge on any atom is -0.253 e. The van der Waals surface area contributed by atoms with Crippen molar-refractivity contribution < 1.29 is 0 Å². The molecule has 0 N–H and O–H groups in total. The van der Waals surface area contributed by atoms with Crippen LogP contribution in [0.1, 0.15) is 11.1 Å². The fraction of sp³-hybridized carbons (Fsp3) is 0.0833. The predicted octanol–water partition coefficient (Wildman–Crippen LogP) is 4.33. The molecule has 0 amide bonds. The number of nitrogens with zero attached hydrogens (tertiary/aromatic N) is 2. The number of hydrogen-bond acceptors (Lipinski definition) is 2. The lowest BCUT2D eigenvalue weighted by Crippen LogP contribution is -1.90. The second-order valence-electron chi connectivity index (χ2n) is 5.99. The quantitative estimate of drug-likeness (QED) is 0.726. The number of aromatic nitrogens is 2. The van der Waals surface area contributed by atoms with Crippen molar-refractivity contribution in [2.24, 2.45) is 11.8 Å². The van der Waals surface area contributed by atoms with E-state index in [-0.39, 0.29) is 11.8 Å². The van der Waals surface area contributed by atoms with Gasteiger partial charge in [0, 0.05) is 23.5 Å². The third-order valence-corrected chi connectivity index (χ3v) is 4.05. The van der Waals surface area contributed by atoms with Crippen molar-refractivity contribution in [3.05, 3.63) is 96.4 Å². The molecule has 2 aromatic heterocycles. The van der Waals surface area contributed by atoms with Gasteiger partial charge in [-0.3, -0.25) is 9.97 Å². The van der Waals surface area contributed by atoms with Crippen LogP contribution in [0.4, 0.5) is 0 Å². The van der Waals surface area contributed by atoms with Gasteiger partial charge in [-0.15, -0.1) is 0 Å². The van der Waals surface area contributed by atoms with E-state index in [0.29, 0.717) is 0 Å². The summed E-state index contributed by atoms with van der Waals surface area (Å²) in [7, 11) is 0. The lowest BCUT2D eigenvalue weighted by molar-refractivity contribution is 1.14. The van der Waals surface area contributed by atoms with E-state index in [1.54, 1.807) is 12.4 Å². The van der Waals surface area contributed by atoms with E-state index in [9.17, 15) is 0 Å². The fourth-order valence-corrected chi connectivity index (χ4v) is 2.63. The zero-order valence-electron chi connectivity index (χ0n) is 14.1. The second-order valence-corrected chi connectivity index (χ2v) is 5.99. The molecule has 26 heavy (non-hydrogen) atoms. The molecule has 2 aromatic rings. The van der Waals surface area contributed by atoms with Crippen molar-refractivity contribution in [2.45, 2.75) is 0 Å². The normalized spacial score (nSPS) is 14.9. The second kappa shape index (κ2) is 7.51. The molecule has 2 aliphatic rings. The highest BCUT2D eigenvalue weighted by Crippen LogP contribution is 2.15. The molecule has 0 saturated carbocycles. The van der Waals surface area contributed by atoms with Crippen LogP contribution in [-0.2, 0) is 0 Å². The topological polar surface area (TPSA) is 25.8 Å². The van der Waals surface area contributed by atoms with E-state index in [4.69, 9.17) is 0 Å². The molecule has 0 saturated heterocycles. The molecule has 2 nitrogen and oxygen atoms in total. The molecule has 0 atom stereocenters. The van der Waals surface area contributed by atoms with Gasteiger partial charge in [-0.2, -0.15) is 0 Å². The van der Waals surface area contributed by atoms with Crippen molar-refractivity contribution in [1.82, 2.24) is 9.97 Å². The highest BCUT2D eigenvalue weighted by molar-refractivity contribution is 5.56. The average molecular weight is 332 g/mol. The Morgan fingerprint density at radius 3 is 1.35 bits per heavy atom. The first-order valence-corrected chi connectivity index (χ1v) is 8.52. The average Bonchev–Trinajstić information content (AvgIpc) is 3.40. The summed E-state index contributed by atoms with van der Waals surface area (Å²) in [6, 6.07) is 7.86. The molecule has 0 unspecified atom stereocenters. The summed E-state index contributed by atoms with van der Waals surface area (Å²) >= 11 is 0. The maximum absolute atomic E-state index is 4.48. The van der Waals surface area contributed by atoms with Crippen LogP contribution >= 0.6 is 0 Å². The number of rotatable bonds is 1. The molecular formula is C24H16N2. The molecule has 0 radical (unpaired) electrons. The van der Waals surface area contributed by atoms with E-state index in [0.717, 1.165) is 22.5 Å². The number of hydrogen-bond donors (Lipinski definition) is 0. The predicted molar refractivity (Wildman–Crippen MR) is 105 cm³/mol. The third kappa shape index (κ3) is 3.89. The third-order valence-electron chi connectivity index (χ3n) is 4.05. The zero-order chi connectivity index (χ0) is 17.6. The largest absolute Gasteiger partial charge is 0.253 e. The van der Waals surface area contributed by atoms with Gasteiger partial charge in [-0.05, 0) is 24.3 Å². The van der Waals surface area contributed by atoms with Crippen LogP contribution in [-0.4, -0.2) is 9.97 Å². The number of allylic oxidation sites excluding steroid dienone is 8. The van der Waals surface area contributed by atoms with Gasteiger partial charge >= 0.3 is 0 Å². The summed E-state index contributed by atoms with van der Waals surface area (Å²) in [6.07, 6.45) is 19.9. The molecule has 0 fully saturated rings. The summed E-state index contributed by atoms with van der Waals surface area (Å²) in [4.78, 5) is 8.96. The Hall–Kier alpha value is -3.62. The van der Waals surface area contributed by atoms with Gasteiger partial charge in [-0.25, -0.2) is 0 Å². The van der Waals surface area contributed by atoms with E-state index in [1.165, 1.54) is 0 Å². The Morgan fingerprint density at radius 2 is 1.00 bits per heavy atom. The molecule has 0 spiro atoms. The van der Waals surface area contributed by atoms with Crippen molar-refractivity contribution in [2.75, 3.05) is 0 Å². The van der Waals surface area contributed by atoms with Gasteiger partial charge in [0.25, 0.3) is 0 Å². The first kappa shape index (κ1) is 15.9. The Labute approximate surface area is 153 Å². The summed E-state index contributed by atoms with van der Waals surface area (Å²) in [6.45, 7) is 0. The van der Waals surface area contributed by atoms with Crippen LogP contribution in [0.5, 0.6) is 0 Å². The zero-order valence-corrected chi connectivity index (χ0v) is 14.1. The highest BCUT2D eigenvalue weighted by Gasteiger charge is 2.02. The van der Waals surface area contributed by atoms with Crippen LogP contribution < -0.4 is 0 Å². The SMILES string of the molecule is C(#CC1C=CC=C1)c1ccc(-c2ccc(C#CC3C=CC=C3)cn2)nc1. The molecule has 2 aliphatic carbocycles. The van der Waals surface area contributed by atoms with Crippen LogP contribution in [0, 0.1) is 35.5 Å². The lowest BCUT2D eigenvalue weighted by atomic mass is 10.1. The Balaban J connectivity index is 1.45. The van der Waals surface area contributed by atoms with Crippen LogP contribution in [0.15, 0.2) is 85.3 Å². The van der Waals surface area contributed by atoms with E-state index in [1.807, 2.05) is 48.6 Å². The smallest absolute Gasteiger partial charge is 0.0887 e. The van der Waals surface area contributed by atoms with Gasteiger partial charge in [0.05, 0.1) is 23.2 Å². The fourth-order valence-electron chi connectivity index (χ4n) is 2.63. The highest BCUT2D eigenvalue weighted by atomic mass is 14.8. The first-order valence-electron chi connectivity index (χ1n) is 8.52. The number of pyridine rings is 2. The minimum atomic E-state index is 0.209. The van der Waals surface area contributed by atoms with E-state index >= 15 is 0 Å². The lowest BCUT2D eigenvalue weighted by Gasteiger charge is -2.00. The van der Waals surface area contributed by atoms with Gasteiger partial charge in [0.15, 0.2) is 0 Å². The Kier molecular flexibility index (Phi) is 4.59. The maximum atomic E-state index is 4.48. The molecule has 2 heterocycles. The van der Waals surface area contributed by atoms with Gasteiger partial charge in [0.1, 0.15) is 0 Å². The molecule has 122 valence electrons. The van der Waals surface area contributed by atoms with Crippen molar-refractivity contribution in [3.63, 3.8) is 0 Å². The molecule has 0 bridgehead atoms. The molecular weight excluding hydrogens is 316 g/mol. The molecule has 4 rings (SSSR count). The standard InChI is InChI=1S/C24H16N2/c1-2-6-19(5-1)9-11-21-13-15-23(25-17-21)24-16-14-22(18-26-24)12-10-20-7-3-4-8-20/h1-8,13-20H.